The van der Waals surface area contributed by atoms with Gasteiger partial charge in [0.05, 0.1) is 25.7 Å². The third kappa shape index (κ3) is 1.44. The molecule has 66 valence electrons. The molecule has 1 heterocycles. The molecular formula is C10H22N+. The molecule has 0 N–H and O–H groups in total. The summed E-state index contributed by atoms with van der Waals surface area (Å²) in [6.07, 6.45) is 4.29. The van der Waals surface area contributed by atoms with Crippen molar-refractivity contribution in [3.63, 3.8) is 0 Å². The van der Waals surface area contributed by atoms with Crippen molar-refractivity contribution in [3.8, 4) is 0 Å². The van der Waals surface area contributed by atoms with Crippen LogP contribution in [0.2, 0.25) is 0 Å². The van der Waals surface area contributed by atoms with E-state index in [4.69, 9.17) is 0 Å². The molecule has 0 bridgehead atoms. The van der Waals surface area contributed by atoms with Crippen LogP contribution in [0.5, 0.6) is 0 Å². The van der Waals surface area contributed by atoms with Crippen molar-refractivity contribution in [2.45, 2.75) is 52.1 Å². The first-order valence-corrected chi connectivity index (χ1v) is 4.96. The fourth-order valence-corrected chi connectivity index (χ4v) is 2.36. The lowest BCUT2D eigenvalue weighted by Gasteiger charge is -2.47. The van der Waals surface area contributed by atoms with E-state index in [1.165, 1.54) is 30.3 Å². The lowest BCUT2D eigenvalue weighted by Crippen LogP contribution is -2.58. The Morgan fingerprint density at radius 2 is 1.64 bits per heavy atom. The molecule has 1 nitrogen and oxygen atoms in total. The Bertz CT molecular complexity index is 121. The van der Waals surface area contributed by atoms with E-state index < -0.39 is 0 Å². The van der Waals surface area contributed by atoms with Crippen molar-refractivity contribution in [2.24, 2.45) is 0 Å². The van der Waals surface area contributed by atoms with Gasteiger partial charge in [-0.05, 0) is 40.0 Å². The molecule has 1 fully saturated rings. The third-order valence-electron chi connectivity index (χ3n) is 3.94. The molecule has 1 rings (SSSR count). The van der Waals surface area contributed by atoms with Crippen LogP contribution in [0.1, 0.15) is 40.0 Å². The zero-order valence-corrected chi connectivity index (χ0v) is 8.43. The predicted octanol–water partition coefficient (Wildman–Crippen LogP) is 2.41. The second-order valence-corrected chi connectivity index (χ2v) is 4.29. The minimum absolute atomic E-state index is 0.878. The van der Waals surface area contributed by atoms with Gasteiger partial charge in [-0.3, -0.25) is 0 Å². The molecule has 1 aliphatic heterocycles. The van der Waals surface area contributed by atoms with Gasteiger partial charge < -0.3 is 4.48 Å². The molecule has 0 aromatic carbocycles. The Balaban J connectivity index is 2.69. The minimum atomic E-state index is 0.878. The van der Waals surface area contributed by atoms with E-state index >= 15 is 0 Å². The van der Waals surface area contributed by atoms with Crippen LogP contribution < -0.4 is 0 Å². The first-order valence-electron chi connectivity index (χ1n) is 4.96. The number of piperidine rings is 1. The highest BCUT2D eigenvalue weighted by molar-refractivity contribution is 4.66. The fourth-order valence-electron chi connectivity index (χ4n) is 2.36. The van der Waals surface area contributed by atoms with Crippen LogP contribution in [0.25, 0.3) is 0 Å². The summed E-state index contributed by atoms with van der Waals surface area (Å²) >= 11 is 0. The predicted molar refractivity (Wildman–Crippen MR) is 49.5 cm³/mol. The van der Waals surface area contributed by atoms with Crippen LogP contribution in [0.15, 0.2) is 0 Å². The smallest absolute Gasteiger partial charge is 0.0861 e. The summed E-state index contributed by atoms with van der Waals surface area (Å²) < 4.78 is 1.29. The lowest BCUT2D eigenvalue weighted by molar-refractivity contribution is -0.956. The van der Waals surface area contributed by atoms with Crippen molar-refractivity contribution in [3.05, 3.63) is 0 Å². The second-order valence-electron chi connectivity index (χ2n) is 4.29. The van der Waals surface area contributed by atoms with E-state index in [9.17, 15) is 0 Å². The van der Waals surface area contributed by atoms with Gasteiger partial charge >= 0.3 is 0 Å². The molecule has 0 amide bonds. The van der Waals surface area contributed by atoms with Crippen molar-refractivity contribution in [1.29, 1.82) is 0 Å². The number of nitrogens with zero attached hydrogens (tertiary/aromatic N) is 1. The van der Waals surface area contributed by atoms with Crippen LogP contribution >= 0.6 is 0 Å². The van der Waals surface area contributed by atoms with Gasteiger partial charge in [0.2, 0.25) is 0 Å². The monoisotopic (exact) mass is 156 g/mol. The lowest BCUT2D eigenvalue weighted by atomic mass is 9.94. The maximum atomic E-state index is 2.41. The summed E-state index contributed by atoms with van der Waals surface area (Å²) in [5.41, 5.74) is 0. The highest BCUT2D eigenvalue weighted by Crippen LogP contribution is 2.28. The molecule has 0 aromatic heterocycles. The molecule has 0 saturated carbocycles. The highest BCUT2D eigenvalue weighted by Gasteiger charge is 2.36. The molecule has 0 spiro atoms. The second kappa shape index (κ2) is 3.14. The first kappa shape index (κ1) is 9.05. The van der Waals surface area contributed by atoms with Gasteiger partial charge in [-0.25, -0.2) is 0 Å². The quantitative estimate of drug-likeness (QED) is 0.511. The summed E-state index contributed by atoms with van der Waals surface area (Å²) in [7, 11) is 2.41. The molecule has 0 radical (unpaired) electrons. The van der Waals surface area contributed by atoms with Gasteiger partial charge in [0.1, 0.15) is 0 Å². The Morgan fingerprint density at radius 3 is 1.91 bits per heavy atom. The van der Waals surface area contributed by atoms with Crippen LogP contribution in [-0.2, 0) is 0 Å². The topological polar surface area (TPSA) is 0 Å². The Kier molecular flexibility index (Phi) is 2.58. The number of quaternary nitrogens is 1. The van der Waals surface area contributed by atoms with E-state index in [1.54, 1.807) is 0 Å². The molecule has 1 saturated heterocycles. The molecule has 1 unspecified atom stereocenters. The van der Waals surface area contributed by atoms with Crippen LogP contribution in [-0.4, -0.2) is 30.2 Å². The molecule has 1 aliphatic rings. The summed E-state index contributed by atoms with van der Waals surface area (Å²) in [5, 5.41) is 0. The van der Waals surface area contributed by atoms with E-state index in [0.717, 1.165) is 12.1 Å². The van der Waals surface area contributed by atoms with E-state index in [0.29, 0.717) is 0 Å². The van der Waals surface area contributed by atoms with E-state index in [2.05, 4.69) is 27.8 Å². The molecule has 0 aliphatic carbocycles. The Labute approximate surface area is 71.0 Å². The van der Waals surface area contributed by atoms with Gasteiger partial charge in [0.25, 0.3) is 0 Å². The molecule has 1 heteroatoms. The zero-order valence-electron chi connectivity index (χ0n) is 8.43. The third-order valence-corrected chi connectivity index (χ3v) is 3.94. The van der Waals surface area contributed by atoms with Crippen molar-refractivity contribution in [1.82, 2.24) is 0 Å². The van der Waals surface area contributed by atoms with E-state index in [1.807, 2.05) is 0 Å². The average molecular weight is 156 g/mol. The maximum Gasteiger partial charge on any atom is 0.0861 e. The summed E-state index contributed by atoms with van der Waals surface area (Å²) in [6, 6.07) is 1.76. The van der Waals surface area contributed by atoms with Crippen molar-refractivity contribution >= 4 is 0 Å². The molecule has 3 atom stereocenters. The number of rotatable bonds is 1. The van der Waals surface area contributed by atoms with Crippen LogP contribution in [0.4, 0.5) is 0 Å². The van der Waals surface area contributed by atoms with E-state index in [-0.39, 0.29) is 0 Å². The van der Waals surface area contributed by atoms with Gasteiger partial charge in [0, 0.05) is 0 Å². The SMILES string of the molecule is CC[N+]1(C)[C@H](C)CCC[C@@H]1C. The molecule has 0 aromatic rings. The van der Waals surface area contributed by atoms with Gasteiger partial charge in [0.15, 0.2) is 0 Å². The normalized spacial score (nSPS) is 45.8. The largest absolute Gasteiger partial charge is 0.322 e. The van der Waals surface area contributed by atoms with Crippen LogP contribution in [0.3, 0.4) is 0 Å². The fraction of sp³-hybridized carbons (Fsp3) is 1.00. The summed E-state index contributed by atoms with van der Waals surface area (Å²) in [5.74, 6) is 0. The van der Waals surface area contributed by atoms with Crippen molar-refractivity contribution < 1.29 is 4.48 Å². The van der Waals surface area contributed by atoms with Crippen molar-refractivity contribution in [2.75, 3.05) is 13.6 Å². The highest BCUT2D eigenvalue weighted by atomic mass is 15.4. The number of hydrogen-bond donors (Lipinski definition) is 0. The van der Waals surface area contributed by atoms with Gasteiger partial charge in [-0.15, -0.1) is 0 Å². The Hall–Kier alpha value is -0.0400. The van der Waals surface area contributed by atoms with Gasteiger partial charge in [-0.2, -0.15) is 0 Å². The number of hydrogen-bond acceptors (Lipinski definition) is 0. The molecular weight excluding hydrogens is 134 g/mol. The standard InChI is InChI=1S/C10H22N/c1-5-11(4)9(2)7-6-8-10(11)3/h9-10H,5-8H2,1-4H3/q+1/t9-,10+,11?. The van der Waals surface area contributed by atoms with Crippen LogP contribution in [0, 0.1) is 0 Å². The average Bonchev–Trinajstić information content (AvgIpc) is 2.00. The zero-order chi connectivity index (χ0) is 8.48. The summed E-state index contributed by atoms with van der Waals surface area (Å²) in [4.78, 5) is 0. The summed E-state index contributed by atoms with van der Waals surface area (Å²) in [6.45, 7) is 8.42. The first-order chi connectivity index (χ1) is 5.11. The molecule has 11 heavy (non-hydrogen) atoms. The minimum Gasteiger partial charge on any atom is -0.322 e. The van der Waals surface area contributed by atoms with Gasteiger partial charge in [-0.1, -0.05) is 0 Å². The number of likely N-dealkylation sites (tertiary alicyclic amines) is 1. The Morgan fingerprint density at radius 1 is 1.18 bits per heavy atom. The maximum absolute atomic E-state index is 2.41.